The quantitative estimate of drug-likeness (QED) is 0.316. The van der Waals surface area contributed by atoms with Crippen LogP contribution in [-0.2, 0) is 19.2 Å². The van der Waals surface area contributed by atoms with Gasteiger partial charge in [0.15, 0.2) is 0 Å². The van der Waals surface area contributed by atoms with Crippen LogP contribution in [0.2, 0.25) is 0 Å². The highest BCUT2D eigenvalue weighted by Gasteiger charge is 2.67. The molecule has 42 heavy (non-hydrogen) atoms. The van der Waals surface area contributed by atoms with E-state index in [0.29, 0.717) is 17.8 Å². The maximum atomic E-state index is 14.3. The first kappa shape index (κ1) is 25.2. The number of rotatable bonds is 3. The molecule has 6 nitrogen and oxygen atoms in total. The van der Waals surface area contributed by atoms with Gasteiger partial charge in [-0.2, -0.15) is 0 Å². The molecule has 0 spiro atoms. The van der Waals surface area contributed by atoms with E-state index in [1.165, 1.54) is 9.80 Å². The van der Waals surface area contributed by atoms with Gasteiger partial charge in [0.1, 0.15) is 0 Å². The van der Waals surface area contributed by atoms with E-state index in [-0.39, 0.29) is 41.4 Å². The fourth-order valence-corrected chi connectivity index (χ4v) is 8.41. The number of amides is 4. The second-order valence-electron chi connectivity index (χ2n) is 12.4. The molecule has 6 aliphatic rings. The number of carbonyl (C=O) groups is 4. The Hall–Kier alpha value is -4.58. The van der Waals surface area contributed by atoms with Gasteiger partial charge < -0.3 is 0 Å². The van der Waals surface area contributed by atoms with Crippen molar-refractivity contribution in [3.05, 3.63) is 113 Å². The number of allylic oxidation sites excluding steroid dienone is 4. The number of hydrogen-bond acceptors (Lipinski definition) is 4. The van der Waals surface area contributed by atoms with E-state index in [9.17, 15) is 19.2 Å². The van der Waals surface area contributed by atoms with Crippen LogP contribution in [0.4, 0.5) is 11.4 Å². The first-order valence-electron chi connectivity index (χ1n) is 14.7. The molecule has 4 aliphatic carbocycles. The summed E-state index contributed by atoms with van der Waals surface area (Å²) in [6, 6.07) is 25.0. The van der Waals surface area contributed by atoms with Crippen LogP contribution in [0.15, 0.2) is 96.6 Å². The molecule has 0 unspecified atom stereocenters. The van der Waals surface area contributed by atoms with Crippen molar-refractivity contribution >= 4 is 40.6 Å². The summed E-state index contributed by atoms with van der Waals surface area (Å²) in [5.74, 6) is -3.90. The summed E-state index contributed by atoms with van der Waals surface area (Å²) < 4.78 is 0. The average molecular weight is 555 g/mol. The Labute approximate surface area is 244 Å². The topological polar surface area (TPSA) is 74.8 Å². The number of aryl methyl sites for hydroxylation is 2. The largest absolute Gasteiger partial charge is 0.274 e. The van der Waals surface area contributed by atoms with Gasteiger partial charge in [0, 0.05) is 11.8 Å². The molecular weight excluding hydrogens is 524 g/mol. The summed E-state index contributed by atoms with van der Waals surface area (Å²) in [5.41, 5.74) is 6.38. The maximum absolute atomic E-state index is 14.3. The first-order valence-corrected chi connectivity index (χ1v) is 14.7. The Kier molecular flexibility index (Phi) is 5.37. The minimum Gasteiger partial charge on any atom is -0.274 e. The van der Waals surface area contributed by atoms with Crippen LogP contribution in [0.25, 0.3) is 5.57 Å². The Bertz CT molecular complexity index is 1740. The van der Waals surface area contributed by atoms with Gasteiger partial charge in [0.25, 0.3) is 0 Å². The minimum absolute atomic E-state index is 0.177. The highest BCUT2D eigenvalue weighted by atomic mass is 16.2. The van der Waals surface area contributed by atoms with Crippen LogP contribution in [0, 0.1) is 55.3 Å². The van der Waals surface area contributed by atoms with Gasteiger partial charge in [-0.05, 0) is 61.6 Å². The summed E-state index contributed by atoms with van der Waals surface area (Å²) in [6.07, 6.45) is 4.58. The molecule has 0 radical (unpaired) electrons. The Morgan fingerprint density at radius 2 is 1.12 bits per heavy atom. The van der Waals surface area contributed by atoms with Gasteiger partial charge in [-0.3, -0.25) is 29.0 Å². The summed E-state index contributed by atoms with van der Waals surface area (Å²) >= 11 is 0. The van der Waals surface area contributed by atoms with Crippen LogP contribution in [0.3, 0.4) is 0 Å². The van der Waals surface area contributed by atoms with Crippen molar-refractivity contribution in [2.45, 2.75) is 20.3 Å². The molecule has 4 amide bonds. The molecule has 6 heteroatoms. The summed E-state index contributed by atoms with van der Waals surface area (Å²) in [7, 11) is 0. The van der Waals surface area contributed by atoms with Crippen LogP contribution in [0.5, 0.6) is 0 Å². The molecule has 3 fully saturated rings. The summed E-state index contributed by atoms with van der Waals surface area (Å²) in [6.45, 7) is 3.95. The zero-order chi connectivity index (χ0) is 28.9. The van der Waals surface area contributed by atoms with Crippen molar-refractivity contribution in [1.29, 1.82) is 0 Å². The second kappa shape index (κ2) is 8.96. The maximum Gasteiger partial charge on any atom is 0.238 e. The average Bonchev–Trinajstić information content (AvgIpc) is 3.43. The zero-order valence-electron chi connectivity index (χ0n) is 23.4. The Morgan fingerprint density at radius 3 is 1.74 bits per heavy atom. The van der Waals surface area contributed by atoms with Gasteiger partial charge in [-0.1, -0.05) is 83.4 Å². The molecule has 2 saturated heterocycles. The normalized spacial score (nSPS) is 31.1. The van der Waals surface area contributed by atoms with E-state index in [4.69, 9.17) is 0 Å². The van der Waals surface area contributed by atoms with E-state index in [2.05, 4.69) is 12.2 Å². The number of anilines is 2. The van der Waals surface area contributed by atoms with E-state index < -0.39 is 23.7 Å². The third-order valence-electron chi connectivity index (χ3n) is 10.2. The number of hydrogen-bond donors (Lipinski definition) is 0. The number of carbonyl (C=O) groups excluding carboxylic acids is 4. The molecule has 2 bridgehead atoms. The van der Waals surface area contributed by atoms with E-state index in [1.807, 2.05) is 92.7 Å². The van der Waals surface area contributed by atoms with Crippen molar-refractivity contribution in [2.75, 3.05) is 9.80 Å². The third-order valence-corrected chi connectivity index (χ3v) is 10.2. The van der Waals surface area contributed by atoms with Crippen molar-refractivity contribution < 1.29 is 19.2 Å². The van der Waals surface area contributed by atoms with Crippen LogP contribution in [0.1, 0.15) is 23.1 Å². The lowest BCUT2D eigenvalue weighted by molar-refractivity contribution is -0.129. The van der Waals surface area contributed by atoms with Crippen LogP contribution < -0.4 is 9.80 Å². The molecule has 1 saturated carbocycles. The van der Waals surface area contributed by atoms with Gasteiger partial charge in [-0.15, -0.1) is 0 Å². The van der Waals surface area contributed by atoms with Gasteiger partial charge in [-0.25, -0.2) is 0 Å². The zero-order valence-corrected chi connectivity index (χ0v) is 23.4. The number of fused-ring (bicyclic) bond motifs is 1. The van der Waals surface area contributed by atoms with E-state index in [0.717, 1.165) is 27.8 Å². The third kappa shape index (κ3) is 3.32. The predicted octanol–water partition coefficient (Wildman–Crippen LogP) is 5.50. The Balaban J connectivity index is 1.28. The monoisotopic (exact) mass is 554 g/mol. The molecular formula is C36H30N2O4. The van der Waals surface area contributed by atoms with Crippen molar-refractivity contribution in [3.8, 4) is 0 Å². The molecule has 2 aliphatic heterocycles. The second-order valence-corrected chi connectivity index (χ2v) is 12.4. The minimum atomic E-state index is -0.573. The van der Waals surface area contributed by atoms with Crippen LogP contribution >= 0.6 is 0 Å². The van der Waals surface area contributed by atoms with E-state index >= 15 is 0 Å². The fraction of sp³-hybridized carbons (Fsp3) is 0.278. The Morgan fingerprint density at radius 1 is 0.571 bits per heavy atom. The number of nitrogens with zero attached hydrogens (tertiary/aromatic N) is 2. The lowest BCUT2D eigenvalue weighted by Gasteiger charge is -2.51. The lowest BCUT2D eigenvalue weighted by Crippen LogP contribution is -2.51. The smallest absolute Gasteiger partial charge is 0.238 e. The predicted molar refractivity (Wildman–Crippen MR) is 159 cm³/mol. The lowest BCUT2D eigenvalue weighted by atomic mass is 9.49. The SMILES string of the molecule is Cc1ccc(N2C(=O)[C@H]3[C@@H]4C=C[C@@H](C5=C(c6ccccc6)C[C@@H]6C(=O)N(c7ccc(C)cc7)C(=O)[C@H]6[C@H]54)[C@H]3C2=O)cc1. The first-order chi connectivity index (χ1) is 20.3. The molecule has 9 rings (SSSR count). The van der Waals surface area contributed by atoms with Crippen LogP contribution in [-0.4, -0.2) is 23.6 Å². The molecule has 0 N–H and O–H groups in total. The van der Waals surface area contributed by atoms with Gasteiger partial charge >= 0.3 is 0 Å². The number of imide groups is 2. The van der Waals surface area contributed by atoms with Crippen molar-refractivity contribution in [1.82, 2.24) is 0 Å². The molecule has 208 valence electrons. The standard InChI is InChI=1S/C36H30N2O4/c1-19-8-12-22(13-9-19)37-33(39)27-18-26(21-6-4-3-5-7-21)28-24-16-17-25(29(28)32(27)36(37)42)31-30(24)34(40)38(35(31)41)23-14-10-20(2)11-15-23/h3-17,24-25,27,29-32H,18H2,1-2H3/t24-,25+,27-,29-,30+,31-,32+/m0/s1. The van der Waals surface area contributed by atoms with Gasteiger partial charge in [0.05, 0.1) is 35.0 Å². The van der Waals surface area contributed by atoms with Crippen molar-refractivity contribution in [3.63, 3.8) is 0 Å². The van der Waals surface area contributed by atoms with Gasteiger partial charge in [0.2, 0.25) is 23.6 Å². The molecule has 2 heterocycles. The summed E-state index contributed by atoms with van der Waals surface area (Å²) in [5, 5.41) is 0. The molecule has 3 aromatic rings. The molecule has 3 aromatic carbocycles. The molecule has 7 atom stereocenters. The fourth-order valence-electron chi connectivity index (χ4n) is 8.41. The highest BCUT2D eigenvalue weighted by molar-refractivity contribution is 6.24. The van der Waals surface area contributed by atoms with Crippen molar-refractivity contribution in [2.24, 2.45) is 41.4 Å². The molecule has 0 aromatic heterocycles. The van der Waals surface area contributed by atoms with E-state index in [1.54, 1.807) is 0 Å². The number of benzene rings is 3. The highest BCUT2D eigenvalue weighted by Crippen LogP contribution is 2.63. The summed E-state index contributed by atoms with van der Waals surface area (Å²) in [4.78, 5) is 59.2.